The molecule has 142 valence electrons. The lowest BCUT2D eigenvalue weighted by atomic mass is 10.0. The Morgan fingerprint density at radius 2 is 2.07 bits per heavy atom. The topological polar surface area (TPSA) is 68.5 Å². The number of hydrogen-bond acceptors (Lipinski definition) is 4. The number of rotatable bonds is 5. The highest BCUT2D eigenvalue weighted by Crippen LogP contribution is 2.20. The molecular weight excluding hydrogens is 383 g/mol. The number of nitrogens with one attached hydrogen (secondary N) is 1. The predicted molar refractivity (Wildman–Crippen MR) is 104 cm³/mol. The number of nitrogens with zero attached hydrogens (tertiary/aromatic N) is 3. The molecule has 0 saturated carbocycles. The van der Waals surface area contributed by atoms with Crippen LogP contribution in [0.25, 0.3) is 0 Å². The van der Waals surface area contributed by atoms with Crippen LogP contribution in [0.15, 0.2) is 65.9 Å². The third-order valence-corrected chi connectivity index (χ3v) is 4.58. The molecule has 0 fully saturated rings. The van der Waals surface area contributed by atoms with E-state index in [0.29, 0.717) is 28.7 Å². The zero-order chi connectivity index (χ0) is 19.5. The van der Waals surface area contributed by atoms with E-state index in [2.05, 4.69) is 15.6 Å². The summed E-state index contributed by atoms with van der Waals surface area (Å²) in [4.78, 5) is 17.8. The molecule has 0 aliphatic carbocycles. The summed E-state index contributed by atoms with van der Waals surface area (Å²) in [7, 11) is 0. The molecule has 0 unspecified atom stereocenters. The minimum absolute atomic E-state index is 0.264. The van der Waals surface area contributed by atoms with Crippen molar-refractivity contribution in [1.82, 2.24) is 9.78 Å². The normalized spacial score (nSPS) is 15.8. The Bertz CT molecular complexity index is 1030. The van der Waals surface area contributed by atoms with Gasteiger partial charge in [-0.25, -0.2) is 9.07 Å². The molecule has 4 rings (SSSR count). The van der Waals surface area contributed by atoms with Gasteiger partial charge in [-0.15, -0.1) is 0 Å². The highest BCUT2D eigenvalue weighted by Gasteiger charge is 2.29. The van der Waals surface area contributed by atoms with E-state index in [1.54, 1.807) is 41.2 Å². The Hall–Kier alpha value is -3.19. The summed E-state index contributed by atoms with van der Waals surface area (Å²) in [5.41, 5.74) is 2.13. The van der Waals surface area contributed by atoms with Gasteiger partial charge in [0.05, 0.1) is 18.5 Å². The standard InChI is InChI=1S/C20H16ClFN4O2/c21-15-6-4-13(5-7-15)12-26-19(8-9-23-26)24-20(27)18-11-17(25-28-18)14-2-1-3-16(22)10-14/h1-10,18H,11-12H2,(H,24,27)/t18-/m0/s1. The molecule has 1 amide bonds. The number of hydrogen-bond donors (Lipinski definition) is 1. The molecule has 0 bridgehead atoms. The Kier molecular flexibility index (Phi) is 5.08. The lowest BCUT2D eigenvalue weighted by Gasteiger charge is -2.12. The van der Waals surface area contributed by atoms with E-state index in [-0.39, 0.29) is 18.1 Å². The molecule has 8 heteroatoms. The molecular formula is C20H16ClFN4O2. The molecule has 1 aliphatic rings. The average Bonchev–Trinajstić information content (AvgIpc) is 3.34. The third-order valence-electron chi connectivity index (χ3n) is 4.33. The first-order valence-electron chi connectivity index (χ1n) is 8.64. The Balaban J connectivity index is 1.40. The van der Waals surface area contributed by atoms with E-state index in [0.717, 1.165) is 5.56 Å². The van der Waals surface area contributed by atoms with Crippen molar-refractivity contribution in [2.45, 2.75) is 19.1 Å². The van der Waals surface area contributed by atoms with Gasteiger partial charge in [-0.3, -0.25) is 4.79 Å². The summed E-state index contributed by atoms with van der Waals surface area (Å²) in [5.74, 6) is -0.157. The van der Waals surface area contributed by atoms with E-state index < -0.39 is 6.10 Å². The summed E-state index contributed by atoms with van der Waals surface area (Å²) in [5, 5.41) is 11.6. The van der Waals surface area contributed by atoms with Gasteiger partial charge in [0.2, 0.25) is 6.10 Å². The zero-order valence-corrected chi connectivity index (χ0v) is 15.4. The Morgan fingerprint density at radius 3 is 2.86 bits per heavy atom. The molecule has 1 atom stereocenters. The van der Waals surface area contributed by atoms with Gasteiger partial charge in [0, 0.05) is 23.1 Å². The largest absolute Gasteiger partial charge is 0.382 e. The number of aromatic nitrogens is 2. The van der Waals surface area contributed by atoms with Crippen molar-refractivity contribution in [1.29, 1.82) is 0 Å². The minimum atomic E-state index is -0.780. The van der Waals surface area contributed by atoms with Gasteiger partial charge in [0.15, 0.2) is 0 Å². The van der Waals surface area contributed by atoms with Gasteiger partial charge in [0.1, 0.15) is 11.6 Å². The van der Waals surface area contributed by atoms with Crippen LogP contribution in [0.4, 0.5) is 10.2 Å². The maximum atomic E-state index is 13.4. The van der Waals surface area contributed by atoms with Crippen molar-refractivity contribution in [3.8, 4) is 0 Å². The van der Waals surface area contributed by atoms with Crippen molar-refractivity contribution in [2.24, 2.45) is 5.16 Å². The molecule has 0 radical (unpaired) electrons. The van der Waals surface area contributed by atoms with Crippen LogP contribution in [0, 0.1) is 5.82 Å². The van der Waals surface area contributed by atoms with Crippen LogP contribution in [0.5, 0.6) is 0 Å². The second kappa shape index (κ2) is 7.82. The minimum Gasteiger partial charge on any atom is -0.382 e. The van der Waals surface area contributed by atoms with Crippen molar-refractivity contribution < 1.29 is 14.0 Å². The first-order chi connectivity index (χ1) is 13.6. The number of anilines is 1. The maximum absolute atomic E-state index is 13.4. The lowest BCUT2D eigenvalue weighted by molar-refractivity contribution is -0.125. The van der Waals surface area contributed by atoms with Crippen LogP contribution in [0.1, 0.15) is 17.5 Å². The van der Waals surface area contributed by atoms with Crippen molar-refractivity contribution >= 4 is 29.0 Å². The molecule has 6 nitrogen and oxygen atoms in total. The molecule has 2 heterocycles. The fourth-order valence-electron chi connectivity index (χ4n) is 2.89. The highest BCUT2D eigenvalue weighted by molar-refractivity contribution is 6.30. The van der Waals surface area contributed by atoms with Crippen LogP contribution in [-0.4, -0.2) is 27.5 Å². The number of carbonyl (C=O) groups excluding carboxylic acids is 1. The van der Waals surface area contributed by atoms with Crippen LogP contribution in [0.3, 0.4) is 0 Å². The van der Waals surface area contributed by atoms with Gasteiger partial charge in [-0.2, -0.15) is 5.10 Å². The smallest absolute Gasteiger partial charge is 0.269 e. The first-order valence-corrected chi connectivity index (χ1v) is 9.02. The van der Waals surface area contributed by atoms with E-state index >= 15 is 0 Å². The first kappa shape index (κ1) is 18.2. The molecule has 0 saturated heterocycles. The monoisotopic (exact) mass is 398 g/mol. The predicted octanol–water partition coefficient (Wildman–Crippen LogP) is 3.86. The summed E-state index contributed by atoms with van der Waals surface area (Å²) >= 11 is 5.91. The number of benzene rings is 2. The van der Waals surface area contributed by atoms with E-state index in [1.807, 2.05) is 12.1 Å². The maximum Gasteiger partial charge on any atom is 0.269 e. The summed E-state index contributed by atoms with van der Waals surface area (Å²) in [6, 6.07) is 15.1. The fourth-order valence-corrected chi connectivity index (χ4v) is 3.02. The summed E-state index contributed by atoms with van der Waals surface area (Å²) < 4.78 is 15.1. The second-order valence-corrected chi connectivity index (χ2v) is 6.77. The Morgan fingerprint density at radius 1 is 1.25 bits per heavy atom. The Labute approximate surface area is 165 Å². The second-order valence-electron chi connectivity index (χ2n) is 6.34. The van der Waals surface area contributed by atoms with Gasteiger partial charge in [0.25, 0.3) is 5.91 Å². The number of halogens is 2. The van der Waals surface area contributed by atoms with Gasteiger partial charge >= 0.3 is 0 Å². The molecule has 3 aromatic rings. The molecule has 0 spiro atoms. The molecule has 1 aliphatic heterocycles. The number of oxime groups is 1. The van der Waals surface area contributed by atoms with Crippen LogP contribution < -0.4 is 5.32 Å². The SMILES string of the molecule is O=C(Nc1ccnn1Cc1ccc(Cl)cc1)[C@@H]1CC(c2cccc(F)c2)=NO1. The third kappa shape index (κ3) is 4.04. The molecule has 1 N–H and O–H groups in total. The average molecular weight is 399 g/mol. The van der Waals surface area contributed by atoms with E-state index in [1.165, 1.54) is 12.1 Å². The summed E-state index contributed by atoms with van der Waals surface area (Å²) in [6.45, 7) is 0.482. The van der Waals surface area contributed by atoms with Crippen molar-refractivity contribution in [2.75, 3.05) is 5.32 Å². The zero-order valence-electron chi connectivity index (χ0n) is 14.7. The molecule has 2 aromatic carbocycles. The quantitative estimate of drug-likeness (QED) is 0.709. The summed E-state index contributed by atoms with van der Waals surface area (Å²) in [6.07, 6.45) is 1.09. The van der Waals surface area contributed by atoms with E-state index in [9.17, 15) is 9.18 Å². The van der Waals surface area contributed by atoms with E-state index in [4.69, 9.17) is 16.4 Å². The number of amides is 1. The van der Waals surface area contributed by atoms with Gasteiger partial charge < -0.3 is 10.2 Å². The van der Waals surface area contributed by atoms with Crippen LogP contribution in [0.2, 0.25) is 5.02 Å². The van der Waals surface area contributed by atoms with Gasteiger partial charge in [-0.05, 0) is 29.8 Å². The fraction of sp³-hybridized carbons (Fsp3) is 0.150. The molecule has 28 heavy (non-hydrogen) atoms. The van der Waals surface area contributed by atoms with Crippen LogP contribution in [-0.2, 0) is 16.2 Å². The van der Waals surface area contributed by atoms with Crippen LogP contribution >= 0.6 is 11.6 Å². The van der Waals surface area contributed by atoms with Gasteiger partial charge in [-0.1, -0.05) is 41.0 Å². The van der Waals surface area contributed by atoms with Crippen molar-refractivity contribution in [3.05, 3.63) is 82.8 Å². The lowest BCUT2D eigenvalue weighted by Crippen LogP contribution is -2.29. The number of carbonyl (C=O) groups is 1. The highest BCUT2D eigenvalue weighted by atomic mass is 35.5. The van der Waals surface area contributed by atoms with Crippen molar-refractivity contribution in [3.63, 3.8) is 0 Å². The molecule has 1 aromatic heterocycles.